The molecule has 7 heavy (non-hydrogen) atoms. The Hall–Kier alpha value is 0.940. The van der Waals surface area contributed by atoms with Crippen molar-refractivity contribution >= 4 is 56.2 Å². The molecule has 0 heterocycles. The maximum atomic E-state index is 4.45. The van der Waals surface area contributed by atoms with Gasteiger partial charge >= 0.3 is 0 Å². The molecule has 0 unspecified atom stereocenters. The summed E-state index contributed by atoms with van der Waals surface area (Å²) in [7, 11) is 1.73. The van der Waals surface area contributed by atoms with Gasteiger partial charge in [-0.2, -0.15) is 0 Å². The summed E-state index contributed by atoms with van der Waals surface area (Å²) in [6, 6.07) is 0. The van der Waals surface area contributed by atoms with Crippen LogP contribution in [0.3, 0.4) is 0 Å². The normalized spacial score (nSPS) is 4.86. The lowest BCUT2D eigenvalue weighted by Gasteiger charge is -2.00. The van der Waals surface area contributed by atoms with Gasteiger partial charge in [0.15, 0.2) is 0 Å². The minimum Gasteiger partial charge on any atom is -2.00 e. The summed E-state index contributed by atoms with van der Waals surface area (Å²) in [5.41, 5.74) is 0. The molecule has 0 aliphatic rings. The van der Waals surface area contributed by atoms with E-state index in [1.165, 1.54) is 0 Å². The van der Waals surface area contributed by atoms with Crippen LogP contribution in [-0.4, -0.2) is 11.4 Å². The minimum absolute atomic E-state index is 0. The molecule has 0 aliphatic heterocycles. The van der Waals surface area contributed by atoms with Gasteiger partial charge in [0, 0.05) is 7.05 Å². The maximum Gasteiger partial charge on any atom is 0.130 e. The third-order valence-electron chi connectivity index (χ3n) is 0.214. The van der Waals surface area contributed by atoms with Gasteiger partial charge < -0.3 is 32.3 Å². The van der Waals surface area contributed by atoms with Crippen LogP contribution in [0.4, 0.5) is 0 Å². The first-order valence-electron chi connectivity index (χ1n) is 1.18. The summed E-state index contributed by atoms with van der Waals surface area (Å²) in [6.07, 6.45) is 0. The zero-order valence-corrected chi connectivity index (χ0v) is 7.02. The number of thiocarbonyl (C=S) groups is 1. The minimum atomic E-state index is 0. The summed E-state index contributed by atoms with van der Waals surface area (Å²) in [5, 5.41) is 2.62. The van der Waals surface area contributed by atoms with Crippen molar-refractivity contribution in [1.29, 1.82) is 0 Å². The zero-order valence-electron chi connectivity index (χ0n) is 3.67. The third kappa shape index (κ3) is 19.6. The first-order valence-corrected chi connectivity index (χ1v) is 2.03. The van der Waals surface area contributed by atoms with Gasteiger partial charge in [-0.15, -0.1) is 12.6 Å². The zero-order chi connectivity index (χ0) is 4.28. The lowest BCUT2D eigenvalue weighted by atomic mass is 11.2. The van der Waals surface area contributed by atoms with E-state index in [1.54, 1.807) is 7.05 Å². The molecule has 0 atom stereocenters. The second-order valence-corrected chi connectivity index (χ2v) is 1.71. The Morgan fingerprint density at radius 3 is 1.71 bits per heavy atom. The van der Waals surface area contributed by atoms with Crippen LogP contribution in [0.1, 0.15) is 0 Å². The van der Waals surface area contributed by atoms with Crippen LogP contribution in [0.5, 0.6) is 0 Å². The molecule has 0 saturated carbocycles. The van der Waals surface area contributed by atoms with E-state index in [4.69, 9.17) is 0 Å². The fourth-order valence-corrected chi connectivity index (χ4v) is 0. The highest BCUT2D eigenvalue weighted by Gasteiger charge is 1.67. The number of nitrogens with one attached hydrogen (secondary N) is 1. The van der Waals surface area contributed by atoms with Gasteiger partial charge in [0.1, 0.15) is 4.32 Å². The Kier molecular flexibility index (Phi) is 22.5. The molecular formula is C2H5NS4-4. The standard InChI is InChI=1S/C2H5NS2.2S/c1-3-2(4)5;;/h1H3,(H2,3,4,5);;/q;2*-2. The molecule has 0 spiro atoms. The number of rotatable bonds is 0. The third-order valence-corrected chi connectivity index (χ3v) is 0.642. The Morgan fingerprint density at radius 2 is 1.71 bits per heavy atom. The van der Waals surface area contributed by atoms with E-state index in [2.05, 4.69) is 30.2 Å². The van der Waals surface area contributed by atoms with Gasteiger partial charge in [-0.1, -0.05) is 12.2 Å². The molecule has 0 fully saturated rings. The highest BCUT2D eigenvalue weighted by Crippen LogP contribution is 1.69. The second-order valence-electron chi connectivity index (χ2n) is 0.555. The summed E-state index contributed by atoms with van der Waals surface area (Å²) in [6.45, 7) is 0. The van der Waals surface area contributed by atoms with E-state index in [0.29, 0.717) is 4.32 Å². The molecule has 0 saturated heterocycles. The Bertz CT molecular complexity index is 45.0. The fraction of sp³-hybridized carbons (Fsp3) is 0.500. The lowest BCUT2D eigenvalue weighted by molar-refractivity contribution is 1.23. The van der Waals surface area contributed by atoms with Crippen molar-refractivity contribution in [1.82, 2.24) is 5.32 Å². The summed E-state index contributed by atoms with van der Waals surface area (Å²) >= 11 is 8.17. The van der Waals surface area contributed by atoms with Crippen LogP contribution in [0, 0.1) is 0 Å². The second kappa shape index (κ2) is 10.0. The predicted octanol–water partition coefficient (Wildman–Crippen LogP) is 0.416. The topological polar surface area (TPSA) is 12.0 Å². The molecule has 0 rings (SSSR count). The Morgan fingerprint density at radius 1 is 1.57 bits per heavy atom. The van der Waals surface area contributed by atoms with Crippen LogP contribution < -0.4 is 5.32 Å². The van der Waals surface area contributed by atoms with Crippen LogP contribution in [0.25, 0.3) is 0 Å². The number of hydrogen-bond acceptors (Lipinski definition) is 1. The lowest BCUT2D eigenvalue weighted by Crippen LogP contribution is -2.06. The molecule has 0 aliphatic carbocycles. The smallest absolute Gasteiger partial charge is 0.130 e. The molecule has 5 heteroatoms. The van der Waals surface area contributed by atoms with Crippen molar-refractivity contribution in [3.8, 4) is 0 Å². The van der Waals surface area contributed by atoms with Crippen molar-refractivity contribution in [3.05, 3.63) is 0 Å². The van der Waals surface area contributed by atoms with E-state index in [9.17, 15) is 0 Å². The highest BCUT2D eigenvalue weighted by molar-refractivity contribution is 8.11. The molecule has 0 aromatic rings. The Labute approximate surface area is 68.6 Å². The molecule has 46 valence electrons. The molecule has 1 N–H and O–H groups in total. The SMILES string of the molecule is CNC(=S)S.[S-2].[S-2]. The molecule has 0 amide bonds. The first-order chi connectivity index (χ1) is 2.27. The van der Waals surface area contributed by atoms with Crippen LogP contribution in [-0.2, 0) is 27.0 Å². The van der Waals surface area contributed by atoms with Gasteiger partial charge in [-0.25, -0.2) is 0 Å². The maximum absolute atomic E-state index is 4.45. The van der Waals surface area contributed by atoms with Gasteiger partial charge in [-0.05, 0) is 0 Å². The number of hydrogen-bond donors (Lipinski definition) is 2. The summed E-state index contributed by atoms with van der Waals surface area (Å²) < 4.78 is 0.532. The average molecular weight is 171 g/mol. The van der Waals surface area contributed by atoms with Gasteiger partial charge in [0.05, 0.1) is 0 Å². The van der Waals surface area contributed by atoms with Crippen molar-refractivity contribution in [2.75, 3.05) is 7.05 Å². The first kappa shape index (κ1) is 15.7. The van der Waals surface area contributed by atoms with Gasteiger partial charge in [0.2, 0.25) is 0 Å². The summed E-state index contributed by atoms with van der Waals surface area (Å²) in [5.74, 6) is 0. The largest absolute Gasteiger partial charge is 2.00 e. The van der Waals surface area contributed by atoms with Crippen molar-refractivity contribution in [3.63, 3.8) is 0 Å². The van der Waals surface area contributed by atoms with E-state index in [1.807, 2.05) is 0 Å². The van der Waals surface area contributed by atoms with Gasteiger partial charge in [-0.3, -0.25) is 0 Å². The Balaban J connectivity index is -0.0000000800. The monoisotopic (exact) mass is 171 g/mol. The van der Waals surface area contributed by atoms with Crippen LogP contribution >= 0.6 is 24.8 Å². The van der Waals surface area contributed by atoms with E-state index < -0.39 is 0 Å². The van der Waals surface area contributed by atoms with E-state index >= 15 is 0 Å². The average Bonchev–Trinajstić information content (AvgIpc) is 1.38. The van der Waals surface area contributed by atoms with Crippen molar-refractivity contribution in [2.24, 2.45) is 0 Å². The van der Waals surface area contributed by atoms with E-state index in [0.717, 1.165) is 0 Å². The predicted molar refractivity (Wildman–Crippen MR) is 45.4 cm³/mol. The van der Waals surface area contributed by atoms with Crippen molar-refractivity contribution < 1.29 is 0 Å². The molecule has 1 nitrogen and oxygen atoms in total. The number of thiol groups is 1. The summed E-state index contributed by atoms with van der Waals surface area (Å²) in [4.78, 5) is 0. The fourth-order valence-electron chi connectivity index (χ4n) is 0. The molecular weight excluding hydrogens is 166 g/mol. The van der Waals surface area contributed by atoms with Crippen molar-refractivity contribution in [2.45, 2.75) is 0 Å². The molecule has 0 aromatic heterocycles. The molecule has 0 radical (unpaired) electrons. The molecule has 0 aromatic carbocycles. The van der Waals surface area contributed by atoms with Crippen LogP contribution in [0.2, 0.25) is 0 Å². The van der Waals surface area contributed by atoms with Gasteiger partial charge in [0.25, 0.3) is 0 Å². The van der Waals surface area contributed by atoms with Crippen LogP contribution in [0.15, 0.2) is 0 Å². The quantitative estimate of drug-likeness (QED) is 0.405. The molecule has 0 bridgehead atoms. The van der Waals surface area contributed by atoms with E-state index in [-0.39, 0.29) is 27.0 Å². The highest BCUT2D eigenvalue weighted by atomic mass is 32.1.